The number of phenolic OH excluding ortho intramolecular Hbond substituents is 1. The number of hydrogen-bond acceptors (Lipinski definition) is 8. The number of fused-ring (bicyclic) bond motifs is 4. The van der Waals surface area contributed by atoms with Crippen molar-refractivity contribution in [1.29, 1.82) is 0 Å². The van der Waals surface area contributed by atoms with Crippen LogP contribution >= 0.6 is 15.9 Å². The number of amides is 4. The Hall–Kier alpha value is -5.30. The second kappa shape index (κ2) is 11.4. The van der Waals surface area contributed by atoms with Crippen molar-refractivity contribution in [2.45, 2.75) is 18.8 Å². The second-order valence-corrected chi connectivity index (χ2v) is 13.2. The molecule has 2 saturated heterocycles. The second-order valence-electron chi connectivity index (χ2n) is 12.3. The van der Waals surface area contributed by atoms with E-state index in [4.69, 9.17) is 4.74 Å². The van der Waals surface area contributed by atoms with E-state index in [1.807, 2.05) is 6.08 Å². The third-order valence-electron chi connectivity index (χ3n) is 9.98. The normalized spacial score (nSPS) is 26.2. The SMILES string of the molecule is COc1cc([C@H]2C3=CC[C@@H]4C(=O)N(c5cccc(C(=O)O)c5)C(=O)[C@@H]4[C@@H]3C[C@H]3C(=O)N(c4cccc(C(=O)O)c4)C(=O)[C@@H]23)cc(Br)c1O. The summed E-state index contributed by atoms with van der Waals surface area (Å²) in [5, 5.41) is 29.7. The molecule has 0 unspecified atom stereocenters. The van der Waals surface area contributed by atoms with E-state index in [2.05, 4.69) is 15.9 Å². The molecule has 13 heteroatoms. The van der Waals surface area contributed by atoms with Crippen LogP contribution in [0.4, 0.5) is 11.4 Å². The Balaban J connectivity index is 1.35. The molecule has 2 heterocycles. The summed E-state index contributed by atoms with van der Waals surface area (Å²) in [6.45, 7) is 0. The van der Waals surface area contributed by atoms with E-state index in [0.29, 0.717) is 11.1 Å². The van der Waals surface area contributed by atoms with Gasteiger partial charge in [0.2, 0.25) is 23.6 Å². The number of carboxylic acid groups (broad SMARTS) is 2. The summed E-state index contributed by atoms with van der Waals surface area (Å²) in [6, 6.07) is 14.3. The molecule has 7 rings (SSSR count). The molecule has 3 aromatic carbocycles. The number of imide groups is 2. The van der Waals surface area contributed by atoms with Crippen molar-refractivity contribution >= 4 is 62.9 Å². The number of methoxy groups -OCH3 is 1. The highest BCUT2D eigenvalue weighted by molar-refractivity contribution is 9.10. The van der Waals surface area contributed by atoms with Gasteiger partial charge in [-0.1, -0.05) is 23.8 Å². The van der Waals surface area contributed by atoms with Crippen molar-refractivity contribution in [3.63, 3.8) is 0 Å². The minimum Gasteiger partial charge on any atom is -0.503 e. The Morgan fingerprint density at radius 2 is 1.33 bits per heavy atom. The molecule has 3 aromatic rings. The largest absolute Gasteiger partial charge is 0.503 e. The fraction of sp³-hybridized carbons (Fsp3) is 0.257. The Kier molecular flexibility index (Phi) is 7.46. The molecule has 4 amide bonds. The third kappa shape index (κ3) is 4.63. The lowest BCUT2D eigenvalue weighted by Gasteiger charge is -2.44. The average molecular weight is 716 g/mol. The zero-order chi connectivity index (χ0) is 34.2. The molecule has 2 aliphatic carbocycles. The molecule has 1 saturated carbocycles. The molecule has 3 N–H and O–H groups in total. The summed E-state index contributed by atoms with van der Waals surface area (Å²) >= 11 is 3.36. The molecule has 48 heavy (non-hydrogen) atoms. The maximum atomic E-state index is 14.3. The molecule has 0 bridgehead atoms. The Morgan fingerprint density at radius 1 is 0.771 bits per heavy atom. The number of allylic oxidation sites excluding steroid dienone is 2. The van der Waals surface area contributed by atoms with Crippen LogP contribution in [0.1, 0.15) is 45.0 Å². The number of nitrogens with zero attached hydrogens (tertiary/aromatic N) is 2. The van der Waals surface area contributed by atoms with Crippen LogP contribution in [0.5, 0.6) is 11.5 Å². The highest BCUT2D eigenvalue weighted by Crippen LogP contribution is 2.59. The van der Waals surface area contributed by atoms with E-state index >= 15 is 0 Å². The molecular weight excluding hydrogens is 688 g/mol. The molecule has 2 aliphatic heterocycles. The van der Waals surface area contributed by atoms with Crippen LogP contribution in [0.2, 0.25) is 0 Å². The van der Waals surface area contributed by atoms with E-state index in [-0.39, 0.29) is 51.3 Å². The zero-order valence-corrected chi connectivity index (χ0v) is 26.8. The summed E-state index contributed by atoms with van der Waals surface area (Å²) in [5.41, 5.74) is 1.28. The van der Waals surface area contributed by atoms with Crippen LogP contribution in [-0.2, 0) is 19.2 Å². The zero-order valence-electron chi connectivity index (χ0n) is 25.2. The van der Waals surface area contributed by atoms with Crippen molar-refractivity contribution in [2.24, 2.45) is 29.6 Å². The summed E-state index contributed by atoms with van der Waals surface area (Å²) < 4.78 is 5.69. The predicted octanol–water partition coefficient (Wildman–Crippen LogP) is 4.60. The van der Waals surface area contributed by atoms with Crippen LogP contribution in [0.25, 0.3) is 0 Å². The molecular formula is C35H27BrN2O10. The fourth-order valence-corrected chi connectivity index (χ4v) is 8.42. The summed E-state index contributed by atoms with van der Waals surface area (Å²) in [4.78, 5) is 81.9. The molecule has 12 nitrogen and oxygen atoms in total. The molecule has 4 aliphatic rings. The van der Waals surface area contributed by atoms with Crippen LogP contribution in [-0.4, -0.2) is 58.0 Å². The third-order valence-corrected chi connectivity index (χ3v) is 10.6. The standard InChI is InChI=1S/C35H27BrN2O10/c1-48-25-13-17(12-24(36)29(25)39)26-20-8-9-21-27(32(42)37(30(21)40)18-6-2-4-15(10-18)34(44)45)22(20)14-23-28(26)33(43)38(31(23)41)19-7-3-5-16(11-19)35(46)47/h2-8,10-13,21-23,26-28,39H,9,14H2,1H3,(H,44,45)(H,46,47)/t21-,22+,23+,26-,27-,28+/m0/s1. The lowest BCUT2D eigenvalue weighted by molar-refractivity contribution is -0.126. The first-order chi connectivity index (χ1) is 22.9. The smallest absolute Gasteiger partial charge is 0.335 e. The van der Waals surface area contributed by atoms with E-state index < -0.39 is 71.1 Å². The van der Waals surface area contributed by atoms with Crippen molar-refractivity contribution in [1.82, 2.24) is 0 Å². The number of ether oxygens (including phenoxy) is 1. The van der Waals surface area contributed by atoms with Gasteiger partial charge in [0.05, 0.1) is 57.8 Å². The van der Waals surface area contributed by atoms with Crippen LogP contribution in [0.15, 0.2) is 76.8 Å². The number of benzene rings is 3. The first kappa shape index (κ1) is 31.3. The maximum absolute atomic E-state index is 14.3. The maximum Gasteiger partial charge on any atom is 0.335 e. The number of phenols is 1. The van der Waals surface area contributed by atoms with Crippen molar-refractivity contribution < 1.29 is 48.8 Å². The van der Waals surface area contributed by atoms with Crippen LogP contribution in [0.3, 0.4) is 0 Å². The lowest BCUT2D eigenvalue weighted by atomic mass is 9.57. The summed E-state index contributed by atoms with van der Waals surface area (Å²) in [7, 11) is 1.38. The highest BCUT2D eigenvalue weighted by Gasteiger charge is 2.62. The lowest BCUT2D eigenvalue weighted by Crippen LogP contribution is -2.43. The van der Waals surface area contributed by atoms with Gasteiger partial charge in [-0.2, -0.15) is 0 Å². The van der Waals surface area contributed by atoms with E-state index in [1.165, 1.54) is 55.6 Å². The molecule has 0 radical (unpaired) electrons. The van der Waals surface area contributed by atoms with Gasteiger partial charge >= 0.3 is 11.9 Å². The number of aromatic hydroxyl groups is 1. The van der Waals surface area contributed by atoms with Gasteiger partial charge in [0.1, 0.15) is 0 Å². The quantitative estimate of drug-likeness (QED) is 0.241. The number of aromatic carboxylic acids is 2. The average Bonchev–Trinajstić information content (AvgIpc) is 3.48. The molecule has 0 spiro atoms. The van der Waals surface area contributed by atoms with Crippen molar-refractivity contribution in [3.8, 4) is 11.5 Å². The Bertz CT molecular complexity index is 2010. The van der Waals surface area contributed by atoms with Gasteiger partial charge in [-0.3, -0.25) is 29.0 Å². The predicted molar refractivity (Wildman–Crippen MR) is 172 cm³/mol. The molecule has 3 fully saturated rings. The van der Waals surface area contributed by atoms with Gasteiger partial charge in [-0.25, -0.2) is 9.59 Å². The number of carbonyl (C=O) groups is 6. The van der Waals surface area contributed by atoms with Crippen LogP contribution < -0.4 is 14.5 Å². The monoisotopic (exact) mass is 714 g/mol. The van der Waals surface area contributed by atoms with Crippen LogP contribution in [0, 0.1) is 29.6 Å². The van der Waals surface area contributed by atoms with E-state index in [9.17, 15) is 44.1 Å². The van der Waals surface area contributed by atoms with Gasteiger partial charge < -0.3 is 20.1 Å². The van der Waals surface area contributed by atoms with Gasteiger partial charge in [0.15, 0.2) is 11.5 Å². The minimum atomic E-state index is -1.22. The van der Waals surface area contributed by atoms with Gasteiger partial charge in [-0.05, 0) is 88.8 Å². The Labute approximate surface area is 281 Å². The molecule has 6 atom stereocenters. The van der Waals surface area contributed by atoms with E-state index in [1.54, 1.807) is 12.1 Å². The number of carboxylic acids is 2. The van der Waals surface area contributed by atoms with Gasteiger partial charge in [0.25, 0.3) is 0 Å². The highest BCUT2D eigenvalue weighted by atomic mass is 79.9. The fourth-order valence-electron chi connectivity index (χ4n) is 7.96. The van der Waals surface area contributed by atoms with Crippen molar-refractivity contribution in [3.05, 3.63) is 93.5 Å². The van der Waals surface area contributed by atoms with Gasteiger partial charge in [-0.15, -0.1) is 0 Å². The summed E-state index contributed by atoms with van der Waals surface area (Å²) in [6.07, 6.45) is 2.10. The first-order valence-electron chi connectivity index (χ1n) is 15.1. The molecule has 0 aromatic heterocycles. The number of rotatable bonds is 6. The minimum absolute atomic E-state index is 0.0757. The van der Waals surface area contributed by atoms with Gasteiger partial charge in [0, 0.05) is 5.92 Å². The topological polar surface area (TPSA) is 179 Å². The first-order valence-corrected chi connectivity index (χ1v) is 15.9. The van der Waals surface area contributed by atoms with E-state index in [0.717, 1.165) is 9.80 Å². The Morgan fingerprint density at radius 3 is 1.90 bits per heavy atom. The number of anilines is 2. The number of hydrogen-bond donors (Lipinski definition) is 3. The van der Waals surface area contributed by atoms with Crippen molar-refractivity contribution in [2.75, 3.05) is 16.9 Å². The molecule has 244 valence electrons. The number of carbonyl (C=O) groups excluding carboxylic acids is 4. The summed E-state index contributed by atoms with van der Waals surface area (Å²) in [5.74, 6) is -9.50. The number of halogens is 1.